The molecule has 8 rings (SSSR count). The lowest BCUT2D eigenvalue weighted by Crippen LogP contribution is -2.15. The van der Waals surface area contributed by atoms with Crippen LogP contribution in [0.5, 0.6) is 5.75 Å². The van der Waals surface area contributed by atoms with E-state index < -0.39 is 0 Å². The highest BCUT2D eigenvalue weighted by molar-refractivity contribution is 5.93. The van der Waals surface area contributed by atoms with E-state index in [1.54, 1.807) is 7.11 Å². The Balaban J connectivity index is 1.56. The zero-order valence-electron chi connectivity index (χ0n) is 29.9. The first-order valence-electron chi connectivity index (χ1n) is 17.4. The molecule has 6 heterocycles. The maximum Gasteiger partial charge on any atom is 0.163 e. The second-order valence-corrected chi connectivity index (χ2v) is 15.2. The van der Waals surface area contributed by atoms with Gasteiger partial charge in [-0.3, -0.25) is 15.0 Å². The highest BCUT2D eigenvalue weighted by Gasteiger charge is 2.33. The van der Waals surface area contributed by atoms with Crippen molar-refractivity contribution in [3.8, 4) is 39.1 Å². The predicted octanol–water partition coefficient (Wildman–Crippen LogP) is 10.4. The summed E-state index contributed by atoms with van der Waals surface area (Å²) in [6, 6.07) is 30.6. The van der Waals surface area contributed by atoms with Crippen molar-refractivity contribution >= 4 is 22.1 Å². The van der Waals surface area contributed by atoms with E-state index in [0.29, 0.717) is 0 Å². The Labute approximate surface area is 293 Å². The number of aromatic nitrogens is 5. The first kappa shape index (κ1) is 31.8. The summed E-state index contributed by atoms with van der Waals surface area (Å²) >= 11 is 0. The maximum absolute atomic E-state index is 6.19. The Hall–Kier alpha value is -5.49. The molecule has 0 saturated carbocycles. The van der Waals surface area contributed by atoms with E-state index in [-0.39, 0.29) is 10.8 Å². The van der Waals surface area contributed by atoms with Crippen LogP contribution in [-0.4, -0.2) is 32.0 Å². The van der Waals surface area contributed by atoms with Gasteiger partial charge >= 0.3 is 0 Å². The van der Waals surface area contributed by atoms with E-state index in [0.717, 1.165) is 96.8 Å². The van der Waals surface area contributed by atoms with Crippen LogP contribution in [0.1, 0.15) is 61.6 Å². The number of nitrogens with zero attached hydrogens (tertiary/aromatic N) is 3. The van der Waals surface area contributed by atoms with Gasteiger partial charge in [0.15, 0.2) is 5.75 Å². The number of H-pyrrole nitrogens is 2. The van der Waals surface area contributed by atoms with Gasteiger partial charge < -0.3 is 14.7 Å². The number of fused-ring (bicyclic) bond motifs is 8. The molecule has 4 aromatic heterocycles. The molecule has 8 bridgehead atoms. The van der Waals surface area contributed by atoms with E-state index in [2.05, 4.69) is 141 Å². The number of methoxy groups -OCH3 is 1. The largest absolute Gasteiger partial charge is 0.493 e. The second-order valence-electron chi connectivity index (χ2n) is 15.2. The molecule has 0 saturated heterocycles. The highest BCUT2D eigenvalue weighted by Crippen LogP contribution is 2.42. The number of hydrogen-bond donors (Lipinski definition) is 2. The molecule has 2 aliphatic rings. The highest BCUT2D eigenvalue weighted by atomic mass is 16.5. The van der Waals surface area contributed by atoms with Crippen LogP contribution in [0.25, 0.3) is 55.4 Å². The number of pyridine rings is 1. The first-order valence-corrected chi connectivity index (χ1v) is 17.4. The maximum atomic E-state index is 6.19. The van der Waals surface area contributed by atoms with Crippen LogP contribution in [0.4, 0.5) is 0 Å². The Morgan fingerprint density at radius 3 is 1.58 bits per heavy atom. The molecule has 2 N–H and O–H groups in total. The van der Waals surface area contributed by atoms with Gasteiger partial charge in [0, 0.05) is 80.7 Å². The number of ether oxygens (including phenoxy) is 1. The molecular formula is C44H43N5O. The van der Waals surface area contributed by atoms with Crippen molar-refractivity contribution in [3.63, 3.8) is 0 Å². The van der Waals surface area contributed by atoms with E-state index in [4.69, 9.17) is 14.7 Å². The Kier molecular flexibility index (Phi) is 7.52. The topological polar surface area (TPSA) is 79.5 Å². The molecule has 6 nitrogen and oxygen atoms in total. The van der Waals surface area contributed by atoms with Crippen LogP contribution < -0.4 is 4.74 Å². The van der Waals surface area contributed by atoms with Crippen molar-refractivity contribution in [3.05, 3.63) is 131 Å². The molecule has 2 aromatic carbocycles. The zero-order valence-corrected chi connectivity index (χ0v) is 29.9. The van der Waals surface area contributed by atoms with Gasteiger partial charge in [0.1, 0.15) is 0 Å². The third kappa shape index (κ3) is 5.59. The minimum absolute atomic E-state index is 0.213. The molecule has 0 unspecified atom stereocenters. The van der Waals surface area contributed by atoms with E-state index in [9.17, 15) is 0 Å². The van der Waals surface area contributed by atoms with E-state index >= 15 is 0 Å². The third-order valence-corrected chi connectivity index (χ3v) is 10.3. The van der Waals surface area contributed by atoms with Gasteiger partial charge in [-0.2, -0.15) is 0 Å². The third-order valence-electron chi connectivity index (χ3n) is 10.3. The SMILES string of the molecule is COc1c2nc(cc3[nH]c(cc3-c3ccc(C)cc3)c(-c3ccncc3)c3nc(cc4[nH]c1cc4-c1ccc(C)cc1)C(C)(C)C3)C(C)(C)C2. The predicted molar refractivity (Wildman–Crippen MR) is 205 cm³/mol. The Morgan fingerprint density at radius 2 is 1.04 bits per heavy atom. The summed E-state index contributed by atoms with van der Waals surface area (Å²) < 4.78 is 6.19. The number of nitrogens with one attached hydrogen (secondary N) is 2. The molecule has 0 amide bonds. The van der Waals surface area contributed by atoms with Crippen LogP contribution in [-0.2, 0) is 23.7 Å². The molecule has 0 radical (unpaired) electrons. The molecule has 0 fully saturated rings. The summed E-state index contributed by atoms with van der Waals surface area (Å²) in [5, 5.41) is 0. The monoisotopic (exact) mass is 657 g/mol. The summed E-state index contributed by atoms with van der Waals surface area (Å²) in [5.74, 6) is 0.765. The zero-order chi connectivity index (χ0) is 34.8. The summed E-state index contributed by atoms with van der Waals surface area (Å²) in [6.07, 6.45) is 5.26. The minimum Gasteiger partial charge on any atom is -0.493 e. The van der Waals surface area contributed by atoms with Crippen molar-refractivity contribution in [1.82, 2.24) is 24.9 Å². The number of aromatic amines is 2. The Bertz CT molecular complexity index is 2410. The quantitative estimate of drug-likeness (QED) is 0.198. The molecule has 0 atom stereocenters. The lowest BCUT2D eigenvalue weighted by atomic mass is 9.85. The van der Waals surface area contributed by atoms with Crippen molar-refractivity contribution in [1.29, 1.82) is 0 Å². The number of hydrogen-bond acceptors (Lipinski definition) is 4. The van der Waals surface area contributed by atoms with Crippen LogP contribution in [0.3, 0.4) is 0 Å². The lowest BCUT2D eigenvalue weighted by molar-refractivity contribution is 0.409. The van der Waals surface area contributed by atoms with Crippen molar-refractivity contribution < 1.29 is 4.74 Å². The van der Waals surface area contributed by atoms with Gasteiger partial charge in [-0.25, -0.2) is 0 Å². The summed E-state index contributed by atoms with van der Waals surface area (Å²) in [5.41, 5.74) is 16.7. The molecular weight excluding hydrogens is 615 g/mol. The summed E-state index contributed by atoms with van der Waals surface area (Å²) in [4.78, 5) is 22.8. The second kappa shape index (κ2) is 11.8. The molecule has 50 heavy (non-hydrogen) atoms. The van der Waals surface area contributed by atoms with E-state index in [1.165, 1.54) is 11.1 Å². The average molecular weight is 658 g/mol. The molecule has 6 aromatic rings. The van der Waals surface area contributed by atoms with Crippen LogP contribution in [0.15, 0.2) is 97.3 Å². The van der Waals surface area contributed by atoms with Gasteiger partial charge in [-0.1, -0.05) is 87.4 Å². The van der Waals surface area contributed by atoms with Crippen molar-refractivity contribution in [2.45, 2.75) is 65.2 Å². The van der Waals surface area contributed by atoms with Gasteiger partial charge in [0.05, 0.1) is 24.0 Å². The lowest BCUT2D eigenvalue weighted by Gasteiger charge is -2.16. The van der Waals surface area contributed by atoms with E-state index in [1.807, 2.05) is 12.4 Å². The molecule has 0 spiro atoms. The summed E-state index contributed by atoms with van der Waals surface area (Å²) in [7, 11) is 1.75. The van der Waals surface area contributed by atoms with Gasteiger partial charge in [-0.15, -0.1) is 0 Å². The first-order chi connectivity index (χ1) is 24.0. The summed E-state index contributed by atoms with van der Waals surface area (Å²) in [6.45, 7) is 13.3. The van der Waals surface area contributed by atoms with Gasteiger partial charge in [0.2, 0.25) is 0 Å². The number of rotatable bonds is 4. The standard InChI is InChI=1S/C44H43N5O/c1-26-8-12-28(13-9-26)31-20-35-41(30-16-18-45-19-17-30)37-24-43(3,4)39(48-37)23-34-32(29-14-10-27(2)11-15-29)21-36(47-34)42(50-7)38-25-44(5,6)40(49-38)22-33(31)46-35/h8-23,46-47H,24-25H2,1-7H3. The van der Waals surface area contributed by atoms with Gasteiger partial charge in [0.25, 0.3) is 0 Å². The average Bonchev–Trinajstić information content (AvgIpc) is 3.83. The fourth-order valence-electron chi connectivity index (χ4n) is 7.44. The van der Waals surface area contributed by atoms with Crippen molar-refractivity contribution in [2.75, 3.05) is 7.11 Å². The minimum atomic E-state index is -0.217. The van der Waals surface area contributed by atoms with Crippen LogP contribution >= 0.6 is 0 Å². The fourth-order valence-corrected chi connectivity index (χ4v) is 7.44. The van der Waals surface area contributed by atoms with Crippen LogP contribution in [0, 0.1) is 13.8 Å². The fraction of sp³-hybridized carbons (Fsp3) is 0.250. The molecule has 250 valence electrons. The molecule has 0 aliphatic carbocycles. The molecule has 6 heteroatoms. The smallest absolute Gasteiger partial charge is 0.163 e. The number of benzene rings is 2. The van der Waals surface area contributed by atoms with Crippen molar-refractivity contribution in [2.24, 2.45) is 0 Å². The molecule has 2 aliphatic heterocycles. The van der Waals surface area contributed by atoms with Gasteiger partial charge in [-0.05, 0) is 66.9 Å². The normalized spacial score (nSPS) is 14.9. The van der Waals surface area contributed by atoms with Crippen LogP contribution in [0.2, 0.25) is 0 Å². The Morgan fingerprint density at radius 1 is 0.560 bits per heavy atom. The number of aryl methyl sites for hydroxylation is 2.